The van der Waals surface area contributed by atoms with Crippen molar-refractivity contribution < 1.29 is 18.0 Å². The number of imidazole rings is 1. The van der Waals surface area contributed by atoms with Crippen LogP contribution in [0, 0.1) is 0 Å². The number of amides is 1. The zero-order chi connectivity index (χ0) is 19.6. The summed E-state index contributed by atoms with van der Waals surface area (Å²) in [6.07, 6.45) is -4.44. The number of hydrogen-bond acceptors (Lipinski definition) is 2. The minimum Gasteiger partial charge on any atom is -0.350 e. The Morgan fingerprint density at radius 3 is 2.33 bits per heavy atom. The van der Waals surface area contributed by atoms with E-state index in [1.807, 2.05) is 13.0 Å². The number of benzene rings is 2. The van der Waals surface area contributed by atoms with Crippen molar-refractivity contribution in [1.82, 2.24) is 14.5 Å². The van der Waals surface area contributed by atoms with Gasteiger partial charge in [0.15, 0.2) is 0 Å². The predicted molar refractivity (Wildman–Crippen MR) is 95.2 cm³/mol. The molecule has 0 aliphatic rings. The van der Waals surface area contributed by atoms with Crippen molar-refractivity contribution in [2.45, 2.75) is 32.7 Å². The van der Waals surface area contributed by atoms with E-state index >= 15 is 0 Å². The number of nitrogens with zero attached hydrogens (tertiary/aromatic N) is 2. The summed E-state index contributed by atoms with van der Waals surface area (Å²) in [5.74, 6) is -0.450. The van der Waals surface area contributed by atoms with Gasteiger partial charge in [-0.1, -0.05) is 24.3 Å². The minimum absolute atomic E-state index is 0.0517. The topological polar surface area (TPSA) is 56.0 Å². The number of carbonyl (C=O) groups excluding carboxylic acids is 1. The van der Waals surface area contributed by atoms with E-state index in [9.17, 15) is 22.8 Å². The highest BCUT2D eigenvalue weighted by atomic mass is 19.4. The summed E-state index contributed by atoms with van der Waals surface area (Å²) in [7, 11) is 0. The highest BCUT2D eigenvalue weighted by molar-refractivity contribution is 5.80. The van der Waals surface area contributed by atoms with Gasteiger partial charge in [0.05, 0.1) is 16.6 Å². The van der Waals surface area contributed by atoms with E-state index in [-0.39, 0.29) is 18.8 Å². The van der Waals surface area contributed by atoms with Gasteiger partial charge in [-0.25, -0.2) is 4.79 Å². The van der Waals surface area contributed by atoms with Crippen molar-refractivity contribution >= 4 is 16.9 Å². The third-order valence-corrected chi connectivity index (χ3v) is 4.29. The molecule has 0 fully saturated rings. The Labute approximate surface area is 153 Å². The molecule has 3 aromatic rings. The maximum atomic E-state index is 12.8. The Balaban J connectivity index is 1.75. The summed E-state index contributed by atoms with van der Waals surface area (Å²) >= 11 is 0. The van der Waals surface area contributed by atoms with Gasteiger partial charge in [-0.2, -0.15) is 13.2 Å². The second-order valence-electron chi connectivity index (χ2n) is 6.08. The summed E-state index contributed by atoms with van der Waals surface area (Å²) in [4.78, 5) is 24.8. The molecule has 8 heteroatoms. The molecule has 0 radical (unpaired) electrons. The number of fused-ring (bicyclic) bond motifs is 1. The van der Waals surface area contributed by atoms with Crippen LogP contribution in [-0.4, -0.2) is 15.0 Å². The van der Waals surface area contributed by atoms with Gasteiger partial charge in [-0.3, -0.25) is 13.9 Å². The molecule has 0 saturated heterocycles. The van der Waals surface area contributed by atoms with Crippen LogP contribution in [0.1, 0.15) is 18.1 Å². The summed E-state index contributed by atoms with van der Waals surface area (Å²) in [6.45, 7) is 2.05. The van der Waals surface area contributed by atoms with E-state index in [1.54, 1.807) is 22.8 Å². The normalized spacial score (nSPS) is 11.7. The molecule has 1 amide bonds. The molecule has 2 aromatic carbocycles. The monoisotopic (exact) mass is 377 g/mol. The van der Waals surface area contributed by atoms with Crippen LogP contribution in [-0.2, 0) is 30.6 Å². The van der Waals surface area contributed by atoms with Crippen LogP contribution in [0.2, 0.25) is 0 Å². The van der Waals surface area contributed by atoms with Crippen molar-refractivity contribution in [3.63, 3.8) is 0 Å². The van der Waals surface area contributed by atoms with Crippen molar-refractivity contribution in [3.8, 4) is 0 Å². The molecule has 0 unspecified atom stereocenters. The van der Waals surface area contributed by atoms with E-state index in [1.165, 1.54) is 16.7 Å². The zero-order valence-electron chi connectivity index (χ0n) is 14.6. The predicted octanol–water partition coefficient (Wildman–Crippen LogP) is 3.16. The number of nitrogens with one attached hydrogen (secondary N) is 1. The number of aromatic nitrogens is 2. The highest BCUT2D eigenvalue weighted by Crippen LogP contribution is 2.29. The van der Waals surface area contributed by atoms with Crippen molar-refractivity contribution in [2.24, 2.45) is 0 Å². The standard InChI is InChI=1S/C19H18F3N3O2/c1-2-24-15-8-3-4-9-16(15)25(18(24)27)12-17(26)23-11-13-6-5-7-14(10-13)19(20,21)22/h3-10H,2,11-12H2,1H3,(H,23,26). The van der Waals surface area contributed by atoms with Gasteiger partial charge in [0.2, 0.25) is 5.91 Å². The van der Waals surface area contributed by atoms with E-state index < -0.39 is 17.6 Å². The summed E-state index contributed by atoms with van der Waals surface area (Å²) in [5, 5.41) is 2.57. The molecule has 0 bridgehead atoms. The lowest BCUT2D eigenvalue weighted by atomic mass is 10.1. The van der Waals surface area contributed by atoms with Crippen LogP contribution in [0.3, 0.4) is 0 Å². The van der Waals surface area contributed by atoms with E-state index in [0.29, 0.717) is 17.6 Å². The van der Waals surface area contributed by atoms with Crippen LogP contribution in [0.4, 0.5) is 13.2 Å². The fourth-order valence-corrected chi connectivity index (χ4v) is 2.99. The van der Waals surface area contributed by atoms with Gasteiger partial charge in [-0.15, -0.1) is 0 Å². The van der Waals surface area contributed by atoms with Gasteiger partial charge in [0, 0.05) is 13.1 Å². The SMILES string of the molecule is CCn1c(=O)n(CC(=O)NCc2cccc(C(F)(F)F)c2)c2ccccc21. The molecule has 3 rings (SSSR count). The third kappa shape index (κ3) is 3.89. The number of aryl methyl sites for hydroxylation is 1. The smallest absolute Gasteiger partial charge is 0.350 e. The Morgan fingerprint density at radius 2 is 1.70 bits per heavy atom. The maximum Gasteiger partial charge on any atom is 0.416 e. The van der Waals surface area contributed by atoms with Crippen molar-refractivity contribution in [1.29, 1.82) is 0 Å². The molecule has 0 atom stereocenters. The molecule has 1 aromatic heterocycles. The summed E-state index contributed by atoms with van der Waals surface area (Å²) in [5.41, 5.74) is 0.639. The molecular weight excluding hydrogens is 359 g/mol. The first-order valence-electron chi connectivity index (χ1n) is 8.42. The lowest BCUT2D eigenvalue weighted by Gasteiger charge is -2.10. The third-order valence-electron chi connectivity index (χ3n) is 4.29. The van der Waals surface area contributed by atoms with Gasteiger partial charge >= 0.3 is 11.9 Å². The molecule has 0 spiro atoms. The fourth-order valence-electron chi connectivity index (χ4n) is 2.99. The Hall–Kier alpha value is -3.03. The number of carbonyl (C=O) groups is 1. The first-order valence-corrected chi connectivity index (χ1v) is 8.42. The van der Waals surface area contributed by atoms with Gasteiger partial charge in [0.1, 0.15) is 6.54 Å². The van der Waals surface area contributed by atoms with Gasteiger partial charge < -0.3 is 5.32 Å². The van der Waals surface area contributed by atoms with E-state index in [4.69, 9.17) is 0 Å². The van der Waals surface area contributed by atoms with Crippen LogP contribution >= 0.6 is 0 Å². The molecule has 1 N–H and O–H groups in total. The van der Waals surface area contributed by atoms with E-state index in [0.717, 1.165) is 17.6 Å². The molecule has 142 valence electrons. The average Bonchev–Trinajstić information content (AvgIpc) is 2.91. The van der Waals surface area contributed by atoms with Gasteiger partial charge in [-0.05, 0) is 36.8 Å². The number of rotatable bonds is 5. The van der Waals surface area contributed by atoms with Crippen molar-refractivity contribution in [3.05, 3.63) is 70.1 Å². The van der Waals surface area contributed by atoms with Crippen LogP contribution < -0.4 is 11.0 Å². The lowest BCUT2D eigenvalue weighted by Crippen LogP contribution is -2.32. The number of alkyl halides is 3. The Kier molecular flexibility index (Phi) is 5.07. The van der Waals surface area contributed by atoms with Crippen LogP contribution in [0.25, 0.3) is 11.0 Å². The second kappa shape index (κ2) is 7.30. The summed E-state index contributed by atoms with van der Waals surface area (Å²) < 4.78 is 41.2. The second-order valence-corrected chi connectivity index (χ2v) is 6.08. The quantitative estimate of drug-likeness (QED) is 0.743. The molecule has 0 aliphatic carbocycles. The largest absolute Gasteiger partial charge is 0.416 e. The van der Waals surface area contributed by atoms with Crippen LogP contribution in [0.15, 0.2) is 53.3 Å². The molecule has 1 heterocycles. The van der Waals surface area contributed by atoms with Crippen molar-refractivity contribution in [2.75, 3.05) is 0 Å². The molecular formula is C19H18F3N3O2. The Morgan fingerprint density at radius 1 is 1.04 bits per heavy atom. The summed E-state index contributed by atoms with van der Waals surface area (Å²) in [6, 6.07) is 11.9. The molecule has 0 saturated carbocycles. The first kappa shape index (κ1) is 18.8. The number of hydrogen-bond donors (Lipinski definition) is 1. The minimum atomic E-state index is -4.44. The number of halogens is 3. The van der Waals surface area contributed by atoms with Gasteiger partial charge in [0.25, 0.3) is 0 Å². The number of para-hydroxylation sites is 2. The molecule has 27 heavy (non-hydrogen) atoms. The van der Waals surface area contributed by atoms with Crippen LogP contribution in [0.5, 0.6) is 0 Å². The molecule has 5 nitrogen and oxygen atoms in total. The first-order chi connectivity index (χ1) is 12.8. The average molecular weight is 377 g/mol. The maximum absolute atomic E-state index is 12.8. The molecule has 0 aliphatic heterocycles. The Bertz CT molecular complexity index is 1030. The highest BCUT2D eigenvalue weighted by Gasteiger charge is 2.30. The van der Waals surface area contributed by atoms with E-state index in [2.05, 4.69) is 5.32 Å². The zero-order valence-corrected chi connectivity index (χ0v) is 14.6. The fraction of sp³-hybridized carbons (Fsp3) is 0.263. The lowest BCUT2D eigenvalue weighted by molar-refractivity contribution is -0.137.